The molecule has 0 aliphatic carbocycles. The van der Waals surface area contributed by atoms with Gasteiger partial charge >= 0.3 is 0 Å². The van der Waals surface area contributed by atoms with Crippen LogP contribution in [0.15, 0.2) is 0 Å². The molecule has 2 saturated heterocycles. The molecule has 0 saturated carbocycles. The highest BCUT2D eigenvalue weighted by Crippen LogP contribution is 2.12. The highest BCUT2D eigenvalue weighted by Gasteiger charge is 2.27. The van der Waals surface area contributed by atoms with E-state index in [9.17, 15) is 5.11 Å². The van der Waals surface area contributed by atoms with Crippen LogP contribution in [0, 0.1) is 0 Å². The fraction of sp³-hybridized carbons (Fsp3) is 1.00. The van der Waals surface area contributed by atoms with Gasteiger partial charge in [0.2, 0.25) is 0 Å². The Morgan fingerprint density at radius 2 is 2.29 bits per heavy atom. The topological polar surface area (TPSA) is 50.7 Å². The summed E-state index contributed by atoms with van der Waals surface area (Å²) in [6.45, 7) is 2.75. The number of ether oxygens (including phenoxy) is 2. The Bertz CT molecular complexity index is 171. The highest BCUT2D eigenvalue weighted by atomic mass is 16.6. The third-order valence-electron chi connectivity index (χ3n) is 2.92. The zero-order valence-corrected chi connectivity index (χ0v) is 8.45. The van der Waals surface area contributed by atoms with Gasteiger partial charge in [-0.15, -0.1) is 0 Å². The van der Waals surface area contributed by atoms with Gasteiger partial charge in [0.05, 0.1) is 19.8 Å². The van der Waals surface area contributed by atoms with Crippen molar-refractivity contribution >= 4 is 0 Å². The zero-order chi connectivity index (χ0) is 9.80. The van der Waals surface area contributed by atoms with Gasteiger partial charge in [-0.3, -0.25) is 0 Å². The summed E-state index contributed by atoms with van der Waals surface area (Å²) in [5.74, 6) is 0. The summed E-state index contributed by atoms with van der Waals surface area (Å²) in [5, 5.41) is 12.9. The average Bonchev–Trinajstić information content (AvgIpc) is 2.63. The van der Waals surface area contributed by atoms with Crippen LogP contribution in [-0.2, 0) is 9.47 Å². The number of hydrogen-bond acceptors (Lipinski definition) is 4. The maximum atomic E-state index is 9.45. The quantitative estimate of drug-likeness (QED) is 0.670. The molecule has 0 aromatic heterocycles. The molecule has 2 rings (SSSR count). The standard InChI is InChI=1S/C10H19NO3/c12-9-6-13-7-10(9)14-5-8-3-1-2-4-11-8/h8-12H,1-7H2. The molecule has 2 heterocycles. The summed E-state index contributed by atoms with van der Waals surface area (Å²) in [4.78, 5) is 0. The predicted molar refractivity (Wildman–Crippen MR) is 52.2 cm³/mol. The van der Waals surface area contributed by atoms with Gasteiger partial charge in [0, 0.05) is 6.04 Å². The Morgan fingerprint density at radius 1 is 1.36 bits per heavy atom. The maximum Gasteiger partial charge on any atom is 0.109 e. The molecule has 0 spiro atoms. The smallest absolute Gasteiger partial charge is 0.109 e. The van der Waals surface area contributed by atoms with Crippen LogP contribution >= 0.6 is 0 Å². The maximum absolute atomic E-state index is 9.45. The van der Waals surface area contributed by atoms with Gasteiger partial charge in [-0.25, -0.2) is 0 Å². The van der Waals surface area contributed by atoms with Crippen LogP contribution < -0.4 is 5.32 Å². The molecule has 82 valence electrons. The van der Waals surface area contributed by atoms with Crippen LogP contribution in [0.1, 0.15) is 19.3 Å². The second kappa shape index (κ2) is 5.07. The molecule has 3 unspecified atom stereocenters. The van der Waals surface area contributed by atoms with E-state index in [0.29, 0.717) is 25.9 Å². The number of piperidine rings is 1. The van der Waals surface area contributed by atoms with Gasteiger partial charge in [-0.2, -0.15) is 0 Å². The van der Waals surface area contributed by atoms with Crippen LogP contribution in [0.4, 0.5) is 0 Å². The summed E-state index contributed by atoms with van der Waals surface area (Å²) in [5.41, 5.74) is 0. The number of rotatable bonds is 3. The van der Waals surface area contributed by atoms with E-state index >= 15 is 0 Å². The second-order valence-corrected chi connectivity index (χ2v) is 4.12. The molecular formula is C10H19NO3. The van der Waals surface area contributed by atoms with Crippen molar-refractivity contribution in [3.8, 4) is 0 Å². The predicted octanol–water partition coefficient (Wildman–Crippen LogP) is -0.0952. The lowest BCUT2D eigenvalue weighted by atomic mass is 10.1. The number of aliphatic hydroxyl groups excluding tert-OH is 1. The van der Waals surface area contributed by atoms with Crippen molar-refractivity contribution in [1.29, 1.82) is 0 Å². The summed E-state index contributed by atoms with van der Waals surface area (Å²) in [7, 11) is 0. The summed E-state index contributed by atoms with van der Waals surface area (Å²) in [6.07, 6.45) is 3.19. The molecule has 2 fully saturated rings. The van der Waals surface area contributed by atoms with Gasteiger partial charge in [-0.1, -0.05) is 6.42 Å². The highest BCUT2D eigenvalue weighted by molar-refractivity contribution is 4.77. The second-order valence-electron chi connectivity index (χ2n) is 4.12. The van der Waals surface area contributed by atoms with Crippen molar-refractivity contribution in [2.45, 2.75) is 37.5 Å². The molecule has 4 heteroatoms. The first-order valence-corrected chi connectivity index (χ1v) is 5.47. The lowest BCUT2D eigenvalue weighted by molar-refractivity contribution is -0.0205. The van der Waals surface area contributed by atoms with Crippen LogP contribution in [0.5, 0.6) is 0 Å². The largest absolute Gasteiger partial charge is 0.388 e. The van der Waals surface area contributed by atoms with Crippen LogP contribution in [0.3, 0.4) is 0 Å². The van der Waals surface area contributed by atoms with Crippen LogP contribution in [0.25, 0.3) is 0 Å². The molecule has 14 heavy (non-hydrogen) atoms. The van der Waals surface area contributed by atoms with Crippen molar-refractivity contribution in [2.24, 2.45) is 0 Å². The summed E-state index contributed by atoms with van der Waals surface area (Å²) < 4.78 is 10.7. The summed E-state index contributed by atoms with van der Waals surface area (Å²) >= 11 is 0. The van der Waals surface area contributed by atoms with Crippen molar-refractivity contribution < 1.29 is 14.6 Å². The van der Waals surface area contributed by atoms with Crippen molar-refractivity contribution in [2.75, 3.05) is 26.4 Å². The van der Waals surface area contributed by atoms with Crippen LogP contribution in [0.2, 0.25) is 0 Å². The van der Waals surface area contributed by atoms with Gasteiger partial charge < -0.3 is 19.9 Å². The van der Waals surface area contributed by atoms with E-state index in [2.05, 4.69) is 5.32 Å². The van der Waals surface area contributed by atoms with Crippen molar-refractivity contribution in [3.05, 3.63) is 0 Å². The fourth-order valence-corrected chi connectivity index (χ4v) is 1.99. The normalized spacial score (nSPS) is 38.8. The van der Waals surface area contributed by atoms with Gasteiger partial charge in [0.15, 0.2) is 0 Å². The molecular weight excluding hydrogens is 182 g/mol. The number of hydrogen-bond donors (Lipinski definition) is 2. The number of aliphatic hydroxyl groups is 1. The Kier molecular flexibility index (Phi) is 3.75. The molecule has 2 aliphatic heterocycles. The van der Waals surface area contributed by atoms with Crippen LogP contribution in [-0.4, -0.2) is 49.7 Å². The third kappa shape index (κ3) is 2.67. The molecule has 0 amide bonds. The molecule has 2 N–H and O–H groups in total. The first kappa shape index (κ1) is 10.4. The van der Waals surface area contributed by atoms with E-state index in [-0.39, 0.29) is 6.10 Å². The van der Waals surface area contributed by atoms with E-state index in [1.807, 2.05) is 0 Å². The first-order valence-electron chi connectivity index (χ1n) is 5.47. The Labute approximate surface area is 84.6 Å². The van der Waals surface area contributed by atoms with E-state index < -0.39 is 6.10 Å². The molecule has 0 bridgehead atoms. The SMILES string of the molecule is OC1COCC1OCC1CCCCN1. The minimum absolute atomic E-state index is 0.112. The summed E-state index contributed by atoms with van der Waals surface area (Å²) in [6, 6.07) is 0.469. The van der Waals surface area contributed by atoms with E-state index in [1.54, 1.807) is 0 Å². The van der Waals surface area contributed by atoms with Crippen molar-refractivity contribution in [3.63, 3.8) is 0 Å². The minimum Gasteiger partial charge on any atom is -0.388 e. The molecule has 3 atom stereocenters. The molecule has 4 nitrogen and oxygen atoms in total. The van der Waals surface area contributed by atoms with Gasteiger partial charge in [-0.05, 0) is 19.4 Å². The van der Waals surface area contributed by atoms with E-state index in [4.69, 9.17) is 9.47 Å². The molecule has 2 aliphatic rings. The Morgan fingerprint density at radius 3 is 2.93 bits per heavy atom. The third-order valence-corrected chi connectivity index (χ3v) is 2.92. The fourth-order valence-electron chi connectivity index (χ4n) is 1.99. The average molecular weight is 201 g/mol. The number of nitrogens with one attached hydrogen (secondary N) is 1. The Hall–Kier alpha value is -0.160. The van der Waals surface area contributed by atoms with E-state index in [0.717, 1.165) is 6.54 Å². The van der Waals surface area contributed by atoms with Crippen molar-refractivity contribution in [1.82, 2.24) is 5.32 Å². The first-order chi connectivity index (χ1) is 6.86. The molecule has 0 aromatic rings. The minimum atomic E-state index is -0.432. The van der Waals surface area contributed by atoms with Gasteiger partial charge in [0.25, 0.3) is 0 Å². The van der Waals surface area contributed by atoms with Gasteiger partial charge in [0.1, 0.15) is 12.2 Å². The lowest BCUT2D eigenvalue weighted by Crippen LogP contribution is -2.40. The monoisotopic (exact) mass is 201 g/mol. The van der Waals surface area contributed by atoms with E-state index in [1.165, 1.54) is 19.3 Å². The Balaban J connectivity index is 1.65. The molecule has 0 aromatic carbocycles. The lowest BCUT2D eigenvalue weighted by Gasteiger charge is -2.25. The zero-order valence-electron chi connectivity index (χ0n) is 8.45. The molecule has 0 radical (unpaired) electrons.